The van der Waals surface area contributed by atoms with E-state index in [-0.39, 0.29) is 52.6 Å². The number of carbonyl (C=O) groups excluding carboxylic acids is 1. The average Bonchev–Trinajstić information content (AvgIpc) is 2.72. The van der Waals surface area contributed by atoms with Crippen molar-refractivity contribution in [2.24, 2.45) is 0 Å². The standard InChI is InChI=1S/C21H21ClN4O4S.ClH/c1-13-6-7-17(26-31(29,30)18-5-3-2-4-16(18)22)21(28)15(13)11-20(27)25-12-14-8-9-24-19(23)10-14;/h2-10,26,28H,11-12H2,1H3,(H2,23,24)(H,25,27);1H. The lowest BCUT2D eigenvalue weighted by atomic mass is 10.0. The third kappa shape index (κ3) is 6.03. The van der Waals surface area contributed by atoms with Crippen LogP contribution >= 0.6 is 24.0 Å². The molecule has 11 heteroatoms. The number of phenolic OH excluding ortho intramolecular Hbond substituents is 1. The van der Waals surface area contributed by atoms with Gasteiger partial charge in [0.1, 0.15) is 16.5 Å². The van der Waals surface area contributed by atoms with Gasteiger partial charge in [0.2, 0.25) is 5.91 Å². The first-order valence-electron chi connectivity index (χ1n) is 9.23. The van der Waals surface area contributed by atoms with Gasteiger partial charge in [-0.15, -0.1) is 12.4 Å². The van der Waals surface area contributed by atoms with Crippen LogP contribution in [-0.4, -0.2) is 24.4 Å². The van der Waals surface area contributed by atoms with Crippen molar-refractivity contribution in [3.05, 3.63) is 76.4 Å². The summed E-state index contributed by atoms with van der Waals surface area (Å²) in [5.74, 6) is -0.322. The quantitative estimate of drug-likeness (QED) is 0.370. The average molecular weight is 497 g/mol. The minimum absolute atomic E-state index is 0. The van der Waals surface area contributed by atoms with Gasteiger partial charge >= 0.3 is 0 Å². The Morgan fingerprint density at radius 2 is 1.91 bits per heavy atom. The third-order valence-corrected chi connectivity index (χ3v) is 6.43. The summed E-state index contributed by atoms with van der Waals surface area (Å²) in [7, 11) is -4.04. The molecule has 8 nitrogen and oxygen atoms in total. The van der Waals surface area contributed by atoms with Gasteiger partial charge in [0, 0.05) is 18.3 Å². The number of halogens is 2. The van der Waals surface area contributed by atoms with Crippen molar-refractivity contribution >= 4 is 51.4 Å². The Bertz CT molecular complexity index is 1240. The molecule has 0 saturated heterocycles. The van der Waals surface area contributed by atoms with Gasteiger partial charge in [-0.1, -0.05) is 29.8 Å². The van der Waals surface area contributed by atoms with E-state index in [1.54, 1.807) is 43.5 Å². The molecule has 0 radical (unpaired) electrons. The summed E-state index contributed by atoms with van der Waals surface area (Å²) in [6, 6.07) is 12.4. The highest BCUT2D eigenvalue weighted by Gasteiger charge is 2.21. The number of carbonyl (C=O) groups is 1. The van der Waals surface area contributed by atoms with Crippen LogP contribution in [0.5, 0.6) is 5.75 Å². The van der Waals surface area contributed by atoms with Crippen LogP contribution in [0.1, 0.15) is 16.7 Å². The van der Waals surface area contributed by atoms with Gasteiger partial charge in [-0.3, -0.25) is 9.52 Å². The maximum Gasteiger partial charge on any atom is 0.263 e. The number of aromatic nitrogens is 1. The third-order valence-electron chi connectivity index (χ3n) is 4.56. The number of nitrogens with two attached hydrogens (primary N) is 1. The van der Waals surface area contributed by atoms with E-state index in [2.05, 4.69) is 15.0 Å². The summed E-state index contributed by atoms with van der Waals surface area (Å²) in [6.07, 6.45) is 1.40. The number of amides is 1. The van der Waals surface area contributed by atoms with Gasteiger partial charge < -0.3 is 16.2 Å². The zero-order valence-electron chi connectivity index (χ0n) is 17.0. The SMILES string of the molecule is Cc1ccc(NS(=O)(=O)c2ccccc2Cl)c(O)c1CC(=O)NCc1ccnc(N)c1.Cl. The van der Waals surface area contributed by atoms with Crippen LogP contribution in [0.25, 0.3) is 0 Å². The number of pyridine rings is 1. The Morgan fingerprint density at radius 1 is 1.19 bits per heavy atom. The lowest BCUT2D eigenvalue weighted by Crippen LogP contribution is -2.25. The maximum absolute atomic E-state index is 12.7. The molecule has 0 atom stereocenters. The molecule has 1 aromatic heterocycles. The Hall–Kier alpha value is -3.01. The minimum atomic E-state index is -4.04. The van der Waals surface area contributed by atoms with Crippen molar-refractivity contribution in [3.8, 4) is 5.75 Å². The highest BCUT2D eigenvalue weighted by molar-refractivity contribution is 7.92. The van der Waals surface area contributed by atoms with Gasteiger partial charge in [0.05, 0.1) is 17.1 Å². The van der Waals surface area contributed by atoms with E-state index in [1.165, 1.54) is 18.2 Å². The molecule has 1 amide bonds. The fourth-order valence-corrected chi connectivity index (χ4v) is 4.52. The summed E-state index contributed by atoms with van der Waals surface area (Å²) in [5, 5.41) is 13.4. The van der Waals surface area contributed by atoms with Gasteiger partial charge in [-0.05, 0) is 48.4 Å². The normalized spacial score (nSPS) is 10.8. The molecule has 5 N–H and O–H groups in total. The lowest BCUT2D eigenvalue weighted by Gasteiger charge is -2.15. The molecule has 0 aliphatic carbocycles. The van der Waals surface area contributed by atoms with Crippen LogP contribution in [0.15, 0.2) is 59.6 Å². The van der Waals surface area contributed by atoms with Crippen molar-refractivity contribution in [1.29, 1.82) is 0 Å². The van der Waals surface area contributed by atoms with Crippen LogP contribution in [0, 0.1) is 6.92 Å². The Morgan fingerprint density at radius 3 is 2.59 bits per heavy atom. The Kier molecular flexibility index (Phi) is 8.31. The summed E-state index contributed by atoms with van der Waals surface area (Å²) in [6.45, 7) is 1.96. The Labute approximate surface area is 197 Å². The van der Waals surface area contributed by atoms with E-state index in [1.807, 2.05) is 0 Å². The van der Waals surface area contributed by atoms with Crippen LogP contribution in [-0.2, 0) is 27.8 Å². The smallest absolute Gasteiger partial charge is 0.263 e. The van der Waals surface area contributed by atoms with E-state index in [0.717, 1.165) is 5.56 Å². The monoisotopic (exact) mass is 496 g/mol. The molecule has 3 rings (SSSR count). The number of phenols is 1. The number of nitrogen functional groups attached to an aromatic ring is 1. The molecular formula is C21H22Cl2N4O4S. The number of aromatic hydroxyl groups is 1. The first-order valence-corrected chi connectivity index (χ1v) is 11.1. The van der Waals surface area contributed by atoms with Crippen LogP contribution in [0.3, 0.4) is 0 Å². The fraction of sp³-hybridized carbons (Fsp3) is 0.143. The second kappa shape index (κ2) is 10.5. The highest BCUT2D eigenvalue weighted by Crippen LogP contribution is 2.33. The van der Waals surface area contributed by atoms with Crippen molar-refractivity contribution < 1.29 is 18.3 Å². The molecule has 1 heterocycles. The fourth-order valence-electron chi connectivity index (χ4n) is 2.93. The van der Waals surface area contributed by atoms with E-state index >= 15 is 0 Å². The predicted octanol–water partition coefficient (Wildman–Crippen LogP) is 3.41. The molecule has 0 fully saturated rings. The summed E-state index contributed by atoms with van der Waals surface area (Å²) in [4.78, 5) is 16.2. The molecule has 32 heavy (non-hydrogen) atoms. The van der Waals surface area contributed by atoms with Crippen molar-refractivity contribution in [1.82, 2.24) is 10.3 Å². The molecule has 0 aliphatic rings. The zero-order chi connectivity index (χ0) is 22.6. The number of nitrogens with one attached hydrogen (secondary N) is 2. The maximum atomic E-state index is 12.7. The molecule has 170 valence electrons. The summed E-state index contributed by atoms with van der Waals surface area (Å²) < 4.78 is 27.7. The van der Waals surface area contributed by atoms with Gasteiger partial charge in [0.25, 0.3) is 10.0 Å². The first kappa shape index (κ1) is 25.3. The molecule has 0 unspecified atom stereocenters. The van der Waals surface area contributed by atoms with Gasteiger partial charge in [0.15, 0.2) is 0 Å². The number of hydrogen-bond donors (Lipinski definition) is 4. The summed E-state index contributed by atoms with van der Waals surface area (Å²) >= 11 is 5.99. The van der Waals surface area contributed by atoms with Crippen molar-refractivity contribution in [2.75, 3.05) is 10.5 Å². The van der Waals surface area contributed by atoms with E-state index in [9.17, 15) is 18.3 Å². The number of benzene rings is 2. The Balaban J connectivity index is 0.00000363. The number of anilines is 2. The topological polar surface area (TPSA) is 134 Å². The number of nitrogens with zero attached hydrogens (tertiary/aromatic N) is 1. The van der Waals surface area contributed by atoms with Crippen LogP contribution in [0.4, 0.5) is 11.5 Å². The number of aryl methyl sites for hydroxylation is 1. The number of hydrogen-bond acceptors (Lipinski definition) is 6. The lowest BCUT2D eigenvalue weighted by molar-refractivity contribution is -0.120. The molecule has 0 bridgehead atoms. The highest BCUT2D eigenvalue weighted by atomic mass is 35.5. The van der Waals surface area contributed by atoms with E-state index < -0.39 is 10.0 Å². The van der Waals surface area contributed by atoms with Gasteiger partial charge in [-0.25, -0.2) is 13.4 Å². The van der Waals surface area contributed by atoms with E-state index in [4.69, 9.17) is 17.3 Å². The van der Waals surface area contributed by atoms with Crippen LogP contribution in [0.2, 0.25) is 5.02 Å². The molecule has 0 spiro atoms. The van der Waals surface area contributed by atoms with Crippen molar-refractivity contribution in [2.45, 2.75) is 24.8 Å². The van der Waals surface area contributed by atoms with E-state index in [0.29, 0.717) is 16.9 Å². The summed E-state index contributed by atoms with van der Waals surface area (Å²) in [5.41, 5.74) is 7.31. The first-order chi connectivity index (χ1) is 14.7. The minimum Gasteiger partial charge on any atom is -0.505 e. The number of sulfonamides is 1. The molecule has 2 aromatic carbocycles. The van der Waals surface area contributed by atoms with Crippen LogP contribution < -0.4 is 15.8 Å². The second-order valence-electron chi connectivity index (χ2n) is 6.84. The predicted molar refractivity (Wildman–Crippen MR) is 127 cm³/mol. The molecule has 0 aliphatic heterocycles. The second-order valence-corrected chi connectivity index (χ2v) is 8.89. The largest absolute Gasteiger partial charge is 0.505 e. The number of rotatable bonds is 7. The molecular weight excluding hydrogens is 475 g/mol. The van der Waals surface area contributed by atoms with Crippen molar-refractivity contribution in [3.63, 3.8) is 0 Å². The molecule has 3 aromatic rings. The molecule has 0 saturated carbocycles. The van der Waals surface area contributed by atoms with Gasteiger partial charge in [-0.2, -0.15) is 0 Å². The zero-order valence-corrected chi connectivity index (χ0v) is 19.4.